The van der Waals surface area contributed by atoms with E-state index in [-0.39, 0.29) is 6.61 Å². The summed E-state index contributed by atoms with van der Waals surface area (Å²) in [5, 5.41) is 18.1. The maximum absolute atomic E-state index is 10.6. The molecule has 0 saturated carbocycles. The van der Waals surface area contributed by atoms with Crippen LogP contribution in [-0.4, -0.2) is 28.4 Å². The van der Waals surface area contributed by atoms with Gasteiger partial charge in [0.1, 0.15) is 12.4 Å². The van der Waals surface area contributed by atoms with Crippen molar-refractivity contribution in [3.63, 3.8) is 0 Å². The molecule has 0 aliphatic rings. The topological polar surface area (TPSA) is 66.8 Å². The molecule has 16 heavy (non-hydrogen) atoms. The van der Waals surface area contributed by atoms with E-state index in [1.54, 1.807) is 18.2 Å². The van der Waals surface area contributed by atoms with Crippen LogP contribution in [0.15, 0.2) is 22.7 Å². The normalized spacial score (nSPS) is 14.2. The number of halogens is 1. The monoisotopic (exact) mass is 288 g/mol. The van der Waals surface area contributed by atoms with E-state index in [0.29, 0.717) is 5.75 Å². The molecular weight excluding hydrogens is 276 g/mol. The Morgan fingerprint density at radius 1 is 1.56 bits per heavy atom. The van der Waals surface area contributed by atoms with Gasteiger partial charge in [-0.1, -0.05) is 15.9 Å². The Labute approximate surface area is 102 Å². The van der Waals surface area contributed by atoms with Gasteiger partial charge in [0, 0.05) is 4.47 Å². The molecule has 0 fully saturated rings. The van der Waals surface area contributed by atoms with Gasteiger partial charge in [-0.3, -0.25) is 0 Å². The minimum Gasteiger partial charge on any atom is -0.490 e. The maximum atomic E-state index is 10.6. The summed E-state index contributed by atoms with van der Waals surface area (Å²) in [5.41, 5.74) is -0.895. The summed E-state index contributed by atoms with van der Waals surface area (Å²) in [5.74, 6) is -0.774. The number of carboxylic acids is 1. The first kappa shape index (κ1) is 13.0. The Morgan fingerprint density at radius 3 is 2.69 bits per heavy atom. The SMILES string of the molecule is Cc1cc(OCC(C)(O)C(=O)O)ccc1Br. The molecule has 1 unspecified atom stereocenters. The number of hydrogen-bond donors (Lipinski definition) is 2. The van der Waals surface area contributed by atoms with E-state index in [0.717, 1.165) is 10.0 Å². The van der Waals surface area contributed by atoms with E-state index in [2.05, 4.69) is 15.9 Å². The van der Waals surface area contributed by atoms with Crippen LogP contribution in [0.3, 0.4) is 0 Å². The number of aliphatic hydroxyl groups is 1. The standard InChI is InChI=1S/C11H13BrO4/c1-7-5-8(3-4-9(7)12)16-6-11(2,15)10(13)14/h3-5,15H,6H2,1-2H3,(H,13,14). The summed E-state index contributed by atoms with van der Waals surface area (Å²) in [6.07, 6.45) is 0. The predicted molar refractivity (Wildman–Crippen MR) is 62.6 cm³/mol. The van der Waals surface area contributed by atoms with E-state index in [9.17, 15) is 9.90 Å². The highest BCUT2D eigenvalue weighted by Gasteiger charge is 2.30. The Morgan fingerprint density at radius 2 is 2.19 bits per heavy atom. The van der Waals surface area contributed by atoms with Crippen molar-refractivity contribution in [2.75, 3.05) is 6.61 Å². The number of ether oxygens (including phenoxy) is 1. The van der Waals surface area contributed by atoms with Gasteiger partial charge in [0.2, 0.25) is 0 Å². The van der Waals surface area contributed by atoms with Gasteiger partial charge in [-0.25, -0.2) is 4.79 Å². The van der Waals surface area contributed by atoms with Crippen molar-refractivity contribution in [2.45, 2.75) is 19.4 Å². The molecule has 1 rings (SSSR count). The molecule has 0 aliphatic carbocycles. The maximum Gasteiger partial charge on any atom is 0.339 e. The van der Waals surface area contributed by atoms with Gasteiger partial charge in [-0.05, 0) is 37.6 Å². The highest BCUT2D eigenvalue weighted by atomic mass is 79.9. The van der Waals surface area contributed by atoms with E-state index < -0.39 is 11.6 Å². The lowest BCUT2D eigenvalue weighted by Gasteiger charge is -2.18. The lowest BCUT2D eigenvalue weighted by Crippen LogP contribution is -2.41. The molecule has 0 heterocycles. The van der Waals surface area contributed by atoms with Gasteiger partial charge in [-0.2, -0.15) is 0 Å². The van der Waals surface area contributed by atoms with E-state index in [1.165, 1.54) is 6.92 Å². The van der Waals surface area contributed by atoms with Crippen LogP contribution in [0.2, 0.25) is 0 Å². The lowest BCUT2D eigenvalue weighted by atomic mass is 10.1. The molecule has 5 heteroatoms. The van der Waals surface area contributed by atoms with Crippen molar-refractivity contribution in [3.05, 3.63) is 28.2 Å². The second-order valence-corrected chi connectivity index (χ2v) is 4.63. The number of rotatable bonds is 4. The summed E-state index contributed by atoms with van der Waals surface area (Å²) in [6.45, 7) is 2.80. The third-order valence-electron chi connectivity index (χ3n) is 2.11. The summed E-state index contributed by atoms with van der Waals surface area (Å²) in [4.78, 5) is 10.6. The Balaban J connectivity index is 2.68. The van der Waals surface area contributed by atoms with Crippen LogP contribution in [0, 0.1) is 6.92 Å². The molecule has 0 spiro atoms. The fraction of sp³-hybridized carbons (Fsp3) is 0.364. The molecule has 0 saturated heterocycles. The molecule has 1 aromatic carbocycles. The number of benzene rings is 1. The number of aryl methyl sites for hydroxylation is 1. The summed E-state index contributed by atoms with van der Waals surface area (Å²) in [6, 6.07) is 5.27. The van der Waals surface area contributed by atoms with Gasteiger partial charge in [0.05, 0.1) is 0 Å². The van der Waals surface area contributed by atoms with Gasteiger partial charge >= 0.3 is 5.97 Å². The molecule has 4 nitrogen and oxygen atoms in total. The largest absolute Gasteiger partial charge is 0.490 e. The van der Waals surface area contributed by atoms with Crippen LogP contribution in [0.1, 0.15) is 12.5 Å². The van der Waals surface area contributed by atoms with Crippen molar-refractivity contribution in [2.24, 2.45) is 0 Å². The quantitative estimate of drug-likeness (QED) is 0.889. The molecule has 0 bridgehead atoms. The minimum atomic E-state index is -1.87. The molecule has 0 aliphatic heterocycles. The molecule has 2 N–H and O–H groups in total. The summed E-state index contributed by atoms with van der Waals surface area (Å²) >= 11 is 3.34. The number of aliphatic carboxylic acids is 1. The second-order valence-electron chi connectivity index (χ2n) is 3.78. The molecule has 0 amide bonds. The van der Waals surface area contributed by atoms with Crippen LogP contribution in [0.25, 0.3) is 0 Å². The van der Waals surface area contributed by atoms with Gasteiger partial charge in [0.15, 0.2) is 5.60 Å². The van der Waals surface area contributed by atoms with Crippen molar-refractivity contribution in [1.29, 1.82) is 0 Å². The third kappa shape index (κ3) is 3.21. The van der Waals surface area contributed by atoms with Crippen LogP contribution >= 0.6 is 15.9 Å². The van der Waals surface area contributed by atoms with Gasteiger partial charge in [-0.15, -0.1) is 0 Å². The highest BCUT2D eigenvalue weighted by Crippen LogP contribution is 2.22. The predicted octanol–water partition coefficient (Wildman–Crippen LogP) is 1.97. The van der Waals surface area contributed by atoms with Crippen LogP contribution in [0.4, 0.5) is 0 Å². The average Bonchev–Trinajstić information content (AvgIpc) is 2.20. The van der Waals surface area contributed by atoms with Crippen molar-refractivity contribution < 1.29 is 19.7 Å². The number of carboxylic acid groups (broad SMARTS) is 1. The van der Waals surface area contributed by atoms with Crippen molar-refractivity contribution in [3.8, 4) is 5.75 Å². The third-order valence-corrected chi connectivity index (χ3v) is 3.00. The molecule has 1 aromatic rings. The first-order valence-electron chi connectivity index (χ1n) is 4.67. The first-order valence-corrected chi connectivity index (χ1v) is 5.47. The smallest absolute Gasteiger partial charge is 0.339 e. The zero-order chi connectivity index (χ0) is 12.3. The number of carbonyl (C=O) groups is 1. The fourth-order valence-corrected chi connectivity index (χ4v) is 1.24. The van der Waals surface area contributed by atoms with Crippen molar-refractivity contribution in [1.82, 2.24) is 0 Å². The zero-order valence-corrected chi connectivity index (χ0v) is 10.6. The fourth-order valence-electron chi connectivity index (χ4n) is 0.993. The summed E-state index contributed by atoms with van der Waals surface area (Å²) < 4.78 is 6.17. The average molecular weight is 289 g/mol. The highest BCUT2D eigenvalue weighted by molar-refractivity contribution is 9.10. The molecule has 1 atom stereocenters. The first-order chi connectivity index (χ1) is 7.33. The Bertz CT molecular complexity index is 401. The van der Waals surface area contributed by atoms with E-state index in [4.69, 9.17) is 9.84 Å². The minimum absolute atomic E-state index is 0.288. The Kier molecular flexibility index (Phi) is 3.93. The van der Waals surface area contributed by atoms with E-state index in [1.807, 2.05) is 6.92 Å². The zero-order valence-electron chi connectivity index (χ0n) is 9.03. The number of hydrogen-bond acceptors (Lipinski definition) is 3. The molecule has 0 radical (unpaired) electrons. The van der Waals surface area contributed by atoms with Gasteiger partial charge < -0.3 is 14.9 Å². The lowest BCUT2D eigenvalue weighted by molar-refractivity contribution is -0.159. The molecule has 88 valence electrons. The molecule has 0 aromatic heterocycles. The van der Waals surface area contributed by atoms with Crippen LogP contribution < -0.4 is 4.74 Å². The van der Waals surface area contributed by atoms with Crippen LogP contribution in [0.5, 0.6) is 5.75 Å². The van der Waals surface area contributed by atoms with Crippen LogP contribution in [-0.2, 0) is 4.79 Å². The van der Waals surface area contributed by atoms with Crippen molar-refractivity contribution >= 4 is 21.9 Å². The second kappa shape index (κ2) is 4.84. The molecular formula is C11H13BrO4. The van der Waals surface area contributed by atoms with Gasteiger partial charge in [0.25, 0.3) is 0 Å². The Hall–Kier alpha value is -1.07. The van der Waals surface area contributed by atoms with E-state index >= 15 is 0 Å². The summed E-state index contributed by atoms with van der Waals surface area (Å²) in [7, 11) is 0.